The molecule has 5 nitrogen and oxygen atoms in total. The van der Waals surface area contributed by atoms with Crippen LogP contribution in [-0.4, -0.2) is 39.1 Å². The maximum Gasteiger partial charge on any atom is 0.230 e. The van der Waals surface area contributed by atoms with E-state index in [4.69, 9.17) is 4.74 Å². The van der Waals surface area contributed by atoms with E-state index in [-0.39, 0.29) is 17.7 Å². The van der Waals surface area contributed by atoms with Crippen molar-refractivity contribution in [3.05, 3.63) is 24.3 Å². The predicted molar refractivity (Wildman–Crippen MR) is 82.5 cm³/mol. The molecule has 1 heterocycles. The lowest BCUT2D eigenvalue weighted by Gasteiger charge is -2.27. The Morgan fingerprint density at radius 3 is 1.95 bits per heavy atom. The Bertz CT molecular complexity index is 507. The number of carbonyl (C=O) groups is 2. The molecule has 2 rings (SSSR count). The van der Waals surface area contributed by atoms with Gasteiger partial charge in [0.15, 0.2) is 0 Å². The number of rotatable bonds is 3. The van der Waals surface area contributed by atoms with Crippen molar-refractivity contribution in [1.82, 2.24) is 0 Å². The van der Waals surface area contributed by atoms with Crippen LogP contribution in [0, 0.1) is 5.92 Å². The quantitative estimate of drug-likeness (QED) is 0.856. The molecule has 2 amide bonds. The maximum atomic E-state index is 12.4. The van der Waals surface area contributed by atoms with E-state index in [1.54, 1.807) is 23.9 Å². The fourth-order valence-corrected chi connectivity index (χ4v) is 2.43. The Balaban J connectivity index is 2.07. The molecule has 0 aromatic heterocycles. The highest BCUT2D eigenvalue weighted by Gasteiger charge is 2.25. The highest BCUT2D eigenvalue weighted by molar-refractivity contribution is 5.95. The highest BCUT2D eigenvalue weighted by atomic mass is 16.5. The first-order chi connectivity index (χ1) is 10.0. The van der Waals surface area contributed by atoms with Crippen molar-refractivity contribution in [2.75, 3.05) is 37.1 Å². The number of hydrogen-bond acceptors (Lipinski definition) is 3. The van der Waals surface area contributed by atoms with Crippen LogP contribution in [0.15, 0.2) is 24.3 Å². The maximum absolute atomic E-state index is 12.4. The molecule has 1 aromatic carbocycles. The summed E-state index contributed by atoms with van der Waals surface area (Å²) in [6.45, 7) is 2.84. The van der Waals surface area contributed by atoms with Crippen molar-refractivity contribution >= 4 is 23.2 Å². The van der Waals surface area contributed by atoms with E-state index in [1.807, 2.05) is 24.3 Å². The summed E-state index contributed by atoms with van der Waals surface area (Å²) in [4.78, 5) is 27.0. The van der Waals surface area contributed by atoms with E-state index in [9.17, 15) is 9.59 Å². The highest BCUT2D eigenvalue weighted by Crippen LogP contribution is 2.23. The van der Waals surface area contributed by atoms with Crippen LogP contribution in [0.25, 0.3) is 0 Å². The van der Waals surface area contributed by atoms with Crippen LogP contribution < -0.4 is 9.80 Å². The monoisotopic (exact) mass is 290 g/mol. The first-order valence-electron chi connectivity index (χ1n) is 7.20. The summed E-state index contributed by atoms with van der Waals surface area (Å²) in [6, 6.07) is 7.44. The summed E-state index contributed by atoms with van der Waals surface area (Å²) < 4.78 is 5.29. The smallest absolute Gasteiger partial charge is 0.230 e. The standard InChI is InChI=1S/C16H22N2O3/c1-12(19)17(2)14-4-6-15(7-5-14)18(3)16(20)13-8-10-21-11-9-13/h4-7,13H,8-11H2,1-3H3. The fourth-order valence-electron chi connectivity index (χ4n) is 2.43. The summed E-state index contributed by atoms with van der Waals surface area (Å²) in [6.07, 6.45) is 1.57. The zero-order valence-corrected chi connectivity index (χ0v) is 12.8. The number of ether oxygens (including phenoxy) is 1. The molecule has 1 fully saturated rings. The lowest BCUT2D eigenvalue weighted by atomic mass is 9.98. The van der Waals surface area contributed by atoms with Gasteiger partial charge in [0.05, 0.1) is 0 Å². The second-order valence-electron chi connectivity index (χ2n) is 5.38. The van der Waals surface area contributed by atoms with Crippen molar-refractivity contribution in [3.8, 4) is 0 Å². The Labute approximate surface area is 125 Å². The van der Waals surface area contributed by atoms with Crippen molar-refractivity contribution < 1.29 is 14.3 Å². The van der Waals surface area contributed by atoms with Gasteiger partial charge in [-0.05, 0) is 37.1 Å². The summed E-state index contributed by atoms with van der Waals surface area (Å²) in [5.74, 6) is 0.156. The van der Waals surface area contributed by atoms with Crippen molar-refractivity contribution in [3.63, 3.8) is 0 Å². The number of nitrogens with zero attached hydrogens (tertiary/aromatic N) is 2. The summed E-state index contributed by atoms with van der Waals surface area (Å²) in [5.41, 5.74) is 1.66. The zero-order chi connectivity index (χ0) is 15.4. The molecule has 1 aliphatic heterocycles. The average molecular weight is 290 g/mol. The molecule has 0 N–H and O–H groups in total. The number of amides is 2. The first-order valence-corrected chi connectivity index (χ1v) is 7.20. The molecule has 0 bridgehead atoms. The Morgan fingerprint density at radius 1 is 1.00 bits per heavy atom. The molecule has 21 heavy (non-hydrogen) atoms. The SMILES string of the molecule is CC(=O)N(C)c1ccc(N(C)C(=O)C2CCOCC2)cc1. The van der Waals surface area contributed by atoms with E-state index >= 15 is 0 Å². The summed E-state index contributed by atoms with van der Waals surface area (Å²) in [5, 5.41) is 0. The van der Waals surface area contributed by atoms with Gasteiger partial charge in [0.2, 0.25) is 11.8 Å². The molecule has 1 saturated heterocycles. The average Bonchev–Trinajstić information content (AvgIpc) is 2.53. The lowest BCUT2D eigenvalue weighted by molar-refractivity contribution is -0.124. The number of hydrogen-bond donors (Lipinski definition) is 0. The van der Waals surface area contributed by atoms with Crippen LogP contribution in [0.5, 0.6) is 0 Å². The van der Waals surface area contributed by atoms with Crippen LogP contribution in [0.3, 0.4) is 0 Å². The Hall–Kier alpha value is -1.88. The normalized spacial score (nSPS) is 15.6. The van der Waals surface area contributed by atoms with E-state index in [2.05, 4.69) is 0 Å². The third-order valence-corrected chi connectivity index (χ3v) is 4.00. The van der Waals surface area contributed by atoms with Gasteiger partial charge in [-0.15, -0.1) is 0 Å². The predicted octanol–water partition coefficient (Wildman–Crippen LogP) is 2.06. The molecule has 0 saturated carbocycles. The van der Waals surface area contributed by atoms with Crippen molar-refractivity contribution in [2.45, 2.75) is 19.8 Å². The van der Waals surface area contributed by atoms with Crippen molar-refractivity contribution in [2.24, 2.45) is 5.92 Å². The minimum Gasteiger partial charge on any atom is -0.381 e. The number of benzene rings is 1. The van der Waals surface area contributed by atoms with E-state index in [1.165, 1.54) is 6.92 Å². The molecular formula is C16H22N2O3. The molecule has 5 heteroatoms. The summed E-state index contributed by atoms with van der Waals surface area (Å²) >= 11 is 0. The summed E-state index contributed by atoms with van der Waals surface area (Å²) in [7, 11) is 3.52. The first kappa shape index (κ1) is 15.5. The third kappa shape index (κ3) is 3.61. The molecule has 0 atom stereocenters. The topological polar surface area (TPSA) is 49.9 Å². The molecular weight excluding hydrogens is 268 g/mol. The fraction of sp³-hybridized carbons (Fsp3) is 0.500. The number of anilines is 2. The van der Waals surface area contributed by atoms with Crippen LogP contribution in [-0.2, 0) is 14.3 Å². The Kier molecular flexibility index (Phi) is 4.96. The molecule has 0 aliphatic carbocycles. The minimum absolute atomic E-state index is 0.0191. The molecule has 1 aliphatic rings. The molecule has 1 aromatic rings. The molecule has 0 unspecified atom stereocenters. The van der Waals surface area contributed by atoms with E-state index in [0.29, 0.717) is 13.2 Å². The van der Waals surface area contributed by atoms with Crippen molar-refractivity contribution in [1.29, 1.82) is 0 Å². The van der Waals surface area contributed by atoms with Crippen LogP contribution in [0.1, 0.15) is 19.8 Å². The van der Waals surface area contributed by atoms with Crippen LogP contribution in [0.2, 0.25) is 0 Å². The van der Waals surface area contributed by atoms with Gasteiger partial charge in [0.25, 0.3) is 0 Å². The van der Waals surface area contributed by atoms with Crippen LogP contribution in [0.4, 0.5) is 11.4 Å². The van der Waals surface area contributed by atoms with Gasteiger partial charge in [0.1, 0.15) is 0 Å². The van der Waals surface area contributed by atoms with Gasteiger partial charge < -0.3 is 14.5 Å². The van der Waals surface area contributed by atoms with E-state index < -0.39 is 0 Å². The number of carbonyl (C=O) groups excluding carboxylic acids is 2. The van der Waals surface area contributed by atoms with Gasteiger partial charge in [-0.2, -0.15) is 0 Å². The van der Waals surface area contributed by atoms with Crippen LogP contribution >= 0.6 is 0 Å². The third-order valence-electron chi connectivity index (χ3n) is 4.00. The second kappa shape index (κ2) is 6.72. The lowest BCUT2D eigenvalue weighted by Crippen LogP contribution is -2.35. The van der Waals surface area contributed by atoms with Gasteiger partial charge in [-0.3, -0.25) is 9.59 Å². The van der Waals surface area contributed by atoms with Gasteiger partial charge in [0, 0.05) is 51.5 Å². The van der Waals surface area contributed by atoms with Gasteiger partial charge in [-0.25, -0.2) is 0 Å². The zero-order valence-electron chi connectivity index (χ0n) is 12.8. The molecule has 0 spiro atoms. The molecule has 114 valence electrons. The van der Waals surface area contributed by atoms with Gasteiger partial charge in [-0.1, -0.05) is 0 Å². The minimum atomic E-state index is -0.0191. The second-order valence-corrected chi connectivity index (χ2v) is 5.38. The van der Waals surface area contributed by atoms with E-state index in [0.717, 1.165) is 24.2 Å². The largest absolute Gasteiger partial charge is 0.381 e. The molecule has 0 radical (unpaired) electrons. The Morgan fingerprint density at radius 2 is 1.48 bits per heavy atom. The van der Waals surface area contributed by atoms with Gasteiger partial charge >= 0.3 is 0 Å².